The zero-order chi connectivity index (χ0) is 22.4. The van der Waals surface area contributed by atoms with E-state index >= 15 is 0 Å². The minimum absolute atomic E-state index is 0.149. The first kappa shape index (κ1) is 22.2. The lowest BCUT2D eigenvalue weighted by Gasteiger charge is -2.20. The van der Waals surface area contributed by atoms with E-state index in [2.05, 4.69) is 11.6 Å². The molecule has 0 saturated carbocycles. The first-order valence-corrected chi connectivity index (χ1v) is 10.00. The minimum atomic E-state index is -2.62. The first-order chi connectivity index (χ1) is 15.0. The van der Waals surface area contributed by atoms with Crippen molar-refractivity contribution in [1.29, 1.82) is 0 Å². The predicted octanol–water partition coefficient (Wildman–Crippen LogP) is 5.32. The molecule has 0 atom stereocenters. The largest absolute Gasteiger partial charge is 0.497 e. The molecule has 2 aromatic carbocycles. The SMILES string of the molecule is C=CC(=O)N(c1ccc(OCC(F)F)c(OC)c1)c1nc(-c2ccc(OC)cc2)cs1. The number of amides is 1. The number of halogens is 2. The normalized spacial score (nSPS) is 10.6. The maximum Gasteiger partial charge on any atom is 0.272 e. The van der Waals surface area contributed by atoms with Gasteiger partial charge in [-0.05, 0) is 42.5 Å². The van der Waals surface area contributed by atoms with Gasteiger partial charge >= 0.3 is 0 Å². The highest BCUT2D eigenvalue weighted by Crippen LogP contribution is 2.37. The Balaban J connectivity index is 1.95. The van der Waals surface area contributed by atoms with Gasteiger partial charge in [0.05, 0.1) is 25.6 Å². The summed E-state index contributed by atoms with van der Waals surface area (Å²) in [5, 5.41) is 2.25. The van der Waals surface area contributed by atoms with Gasteiger partial charge in [-0.15, -0.1) is 11.3 Å². The summed E-state index contributed by atoms with van der Waals surface area (Å²) in [7, 11) is 2.98. The summed E-state index contributed by atoms with van der Waals surface area (Å²) < 4.78 is 40.5. The van der Waals surface area contributed by atoms with E-state index in [1.165, 1.54) is 41.6 Å². The Kier molecular flexibility index (Phi) is 7.19. The van der Waals surface area contributed by atoms with Gasteiger partial charge in [0, 0.05) is 17.0 Å². The molecule has 3 aromatic rings. The third-order valence-electron chi connectivity index (χ3n) is 4.23. The van der Waals surface area contributed by atoms with E-state index in [0.29, 0.717) is 16.5 Å². The molecule has 0 spiro atoms. The van der Waals surface area contributed by atoms with Gasteiger partial charge in [-0.25, -0.2) is 13.8 Å². The van der Waals surface area contributed by atoms with Crippen LogP contribution in [-0.2, 0) is 4.79 Å². The van der Waals surface area contributed by atoms with Crippen LogP contribution in [-0.4, -0.2) is 38.1 Å². The number of carbonyl (C=O) groups excluding carboxylic acids is 1. The van der Waals surface area contributed by atoms with Crippen molar-refractivity contribution in [2.75, 3.05) is 25.7 Å². The molecule has 1 aromatic heterocycles. The smallest absolute Gasteiger partial charge is 0.272 e. The standard InChI is InChI=1S/C22H20F2N2O4S/c1-4-21(27)26(15-7-10-18(19(11-15)29-3)30-12-20(23)24)22-25-17(13-31-22)14-5-8-16(28-2)9-6-14/h4-11,13,20H,1,12H2,2-3H3. The minimum Gasteiger partial charge on any atom is -0.497 e. The fraction of sp³-hybridized carbons (Fsp3) is 0.182. The second-order valence-corrected chi connectivity index (χ2v) is 7.00. The molecule has 6 nitrogen and oxygen atoms in total. The van der Waals surface area contributed by atoms with Crippen LogP contribution in [0, 0.1) is 0 Å². The van der Waals surface area contributed by atoms with Crippen molar-refractivity contribution in [3.63, 3.8) is 0 Å². The summed E-state index contributed by atoms with van der Waals surface area (Å²) in [5.74, 6) is 0.686. The number of carbonyl (C=O) groups is 1. The molecule has 0 aliphatic rings. The van der Waals surface area contributed by atoms with Crippen molar-refractivity contribution in [1.82, 2.24) is 4.98 Å². The average molecular weight is 446 g/mol. The Morgan fingerprint density at radius 1 is 1.16 bits per heavy atom. The Labute approximate surface area is 182 Å². The number of methoxy groups -OCH3 is 2. The molecule has 0 aliphatic carbocycles. The first-order valence-electron chi connectivity index (χ1n) is 9.12. The summed E-state index contributed by atoms with van der Waals surface area (Å²) in [6.45, 7) is 2.80. The highest BCUT2D eigenvalue weighted by Gasteiger charge is 2.21. The van der Waals surface area contributed by atoms with E-state index in [4.69, 9.17) is 14.2 Å². The molecule has 0 unspecified atom stereocenters. The number of benzene rings is 2. The van der Waals surface area contributed by atoms with E-state index in [1.807, 2.05) is 29.6 Å². The molecule has 1 amide bonds. The number of nitrogens with zero attached hydrogens (tertiary/aromatic N) is 2. The molecule has 9 heteroatoms. The van der Waals surface area contributed by atoms with Crippen molar-refractivity contribution in [2.24, 2.45) is 0 Å². The lowest BCUT2D eigenvalue weighted by Crippen LogP contribution is -2.23. The van der Waals surface area contributed by atoms with Gasteiger partial charge in [0.25, 0.3) is 12.3 Å². The maximum absolute atomic E-state index is 12.6. The number of rotatable bonds is 9. The second-order valence-electron chi connectivity index (χ2n) is 6.16. The van der Waals surface area contributed by atoms with Gasteiger partial charge in [0.2, 0.25) is 0 Å². The second kappa shape index (κ2) is 10.0. The highest BCUT2D eigenvalue weighted by molar-refractivity contribution is 7.14. The van der Waals surface area contributed by atoms with E-state index in [-0.39, 0.29) is 11.5 Å². The number of hydrogen-bond donors (Lipinski definition) is 0. The van der Waals surface area contributed by atoms with E-state index in [0.717, 1.165) is 11.3 Å². The molecule has 0 saturated heterocycles. The zero-order valence-corrected chi connectivity index (χ0v) is 17.7. The average Bonchev–Trinajstić information content (AvgIpc) is 3.27. The van der Waals surface area contributed by atoms with Gasteiger partial charge < -0.3 is 14.2 Å². The van der Waals surface area contributed by atoms with Crippen molar-refractivity contribution in [3.8, 4) is 28.5 Å². The lowest BCUT2D eigenvalue weighted by molar-refractivity contribution is -0.113. The number of aromatic nitrogens is 1. The van der Waals surface area contributed by atoms with Crippen LogP contribution in [0.15, 0.2) is 60.5 Å². The third kappa shape index (κ3) is 5.18. The number of hydrogen-bond acceptors (Lipinski definition) is 6. The molecule has 0 N–H and O–H groups in total. The quantitative estimate of drug-likeness (QED) is 0.416. The van der Waals surface area contributed by atoms with Gasteiger partial charge in [0.1, 0.15) is 12.4 Å². The van der Waals surface area contributed by atoms with E-state index < -0.39 is 18.9 Å². The van der Waals surface area contributed by atoms with E-state index in [9.17, 15) is 13.6 Å². The van der Waals surface area contributed by atoms with Crippen LogP contribution in [0.2, 0.25) is 0 Å². The van der Waals surface area contributed by atoms with Crippen molar-refractivity contribution >= 4 is 28.1 Å². The van der Waals surface area contributed by atoms with Crippen LogP contribution in [0.5, 0.6) is 17.2 Å². The van der Waals surface area contributed by atoms with Crippen LogP contribution in [0.4, 0.5) is 19.6 Å². The fourth-order valence-corrected chi connectivity index (χ4v) is 3.61. The van der Waals surface area contributed by atoms with Crippen molar-refractivity contribution in [2.45, 2.75) is 6.43 Å². The van der Waals surface area contributed by atoms with Gasteiger partial charge in [-0.1, -0.05) is 6.58 Å². The van der Waals surface area contributed by atoms with Crippen LogP contribution < -0.4 is 19.1 Å². The van der Waals surface area contributed by atoms with Crippen LogP contribution in [0.3, 0.4) is 0 Å². The molecule has 3 rings (SSSR count). The van der Waals surface area contributed by atoms with Crippen molar-refractivity contribution < 1.29 is 27.8 Å². The summed E-state index contributed by atoms with van der Waals surface area (Å²) >= 11 is 1.28. The van der Waals surface area contributed by atoms with Crippen LogP contribution >= 0.6 is 11.3 Å². The van der Waals surface area contributed by atoms with Gasteiger partial charge in [0.15, 0.2) is 16.6 Å². The summed E-state index contributed by atoms with van der Waals surface area (Å²) in [6, 6.07) is 12.0. The number of anilines is 2. The van der Waals surface area contributed by atoms with Gasteiger partial charge in [-0.3, -0.25) is 9.69 Å². The Bertz CT molecular complexity index is 1050. The molecule has 0 aliphatic heterocycles. The maximum atomic E-state index is 12.6. The lowest BCUT2D eigenvalue weighted by atomic mass is 10.2. The Morgan fingerprint density at radius 3 is 2.52 bits per heavy atom. The molecule has 0 radical (unpaired) electrons. The zero-order valence-electron chi connectivity index (χ0n) is 16.9. The molecule has 162 valence electrons. The van der Waals surface area contributed by atoms with Crippen LogP contribution in [0.25, 0.3) is 11.3 Å². The van der Waals surface area contributed by atoms with Crippen LogP contribution in [0.1, 0.15) is 0 Å². The molecule has 0 bridgehead atoms. The van der Waals surface area contributed by atoms with E-state index in [1.54, 1.807) is 13.2 Å². The monoisotopic (exact) mass is 446 g/mol. The Morgan fingerprint density at radius 2 is 1.90 bits per heavy atom. The predicted molar refractivity (Wildman–Crippen MR) is 116 cm³/mol. The molecular formula is C22H20F2N2O4S. The number of thiazole rings is 1. The molecule has 0 fully saturated rings. The topological polar surface area (TPSA) is 60.9 Å². The van der Waals surface area contributed by atoms with Crippen molar-refractivity contribution in [3.05, 3.63) is 60.5 Å². The molecule has 1 heterocycles. The summed E-state index contributed by atoms with van der Waals surface area (Å²) in [4.78, 5) is 18.6. The fourth-order valence-electron chi connectivity index (χ4n) is 2.75. The molecule has 31 heavy (non-hydrogen) atoms. The summed E-state index contributed by atoms with van der Waals surface area (Å²) in [5.41, 5.74) is 1.98. The third-order valence-corrected chi connectivity index (χ3v) is 5.06. The highest BCUT2D eigenvalue weighted by atomic mass is 32.1. The number of alkyl halides is 2. The summed E-state index contributed by atoms with van der Waals surface area (Å²) in [6.07, 6.45) is -1.45. The number of ether oxygens (including phenoxy) is 3. The molecular weight excluding hydrogens is 426 g/mol. The van der Waals surface area contributed by atoms with Gasteiger partial charge in [-0.2, -0.15) is 0 Å². The Hall–Kier alpha value is -3.46.